The molecule has 14 heteroatoms. The van der Waals surface area contributed by atoms with Crippen molar-refractivity contribution in [3.8, 4) is 0 Å². The number of fused-ring (bicyclic) bond motifs is 3. The molecule has 4 atom stereocenters. The number of hydrogen-bond donors (Lipinski definition) is 4. The van der Waals surface area contributed by atoms with Crippen molar-refractivity contribution in [3.63, 3.8) is 0 Å². The van der Waals surface area contributed by atoms with Crippen LogP contribution in [0.15, 0.2) is 18.7 Å². The fraction of sp³-hybridized carbons (Fsp3) is 0.455. The van der Waals surface area contributed by atoms with Crippen molar-refractivity contribution in [1.29, 1.82) is 0 Å². The molecule has 0 bridgehead atoms. The Balaban J connectivity index is 1.65. The minimum atomic E-state index is -4.73. The molecule has 1 aliphatic rings. The molecule has 0 spiro atoms. The second-order valence-corrected chi connectivity index (χ2v) is 6.68. The van der Waals surface area contributed by atoms with Gasteiger partial charge in [0.15, 0.2) is 23.0 Å². The molecule has 0 aliphatic carbocycles. The number of imidazole rings is 2. The molecule has 3 aromatic rings. The average Bonchev–Trinajstić information content (AvgIpc) is 3.23. The molecule has 1 fully saturated rings. The summed E-state index contributed by atoms with van der Waals surface area (Å²) in [6, 6.07) is 0. The van der Waals surface area contributed by atoms with E-state index in [4.69, 9.17) is 14.5 Å². The van der Waals surface area contributed by atoms with Gasteiger partial charge in [0.1, 0.15) is 18.3 Å². The molecule has 0 radical (unpaired) electrons. The summed E-state index contributed by atoms with van der Waals surface area (Å²) in [5.74, 6) is 0. The summed E-state index contributed by atoms with van der Waals surface area (Å²) in [5, 5.41) is 28.2. The number of aliphatic hydroxyl groups excluding tert-OH is 2. The summed E-state index contributed by atoms with van der Waals surface area (Å²) < 4.78 is 23.4. The molecule has 0 unspecified atom stereocenters. The molecule has 0 aromatic carbocycles. The first-order chi connectivity index (χ1) is 11.8. The van der Waals surface area contributed by atoms with Gasteiger partial charge in [-0.15, -0.1) is 5.10 Å². The third kappa shape index (κ3) is 2.81. The third-order valence-electron chi connectivity index (χ3n) is 3.86. The summed E-state index contributed by atoms with van der Waals surface area (Å²) in [4.78, 5) is 25.8. The summed E-state index contributed by atoms with van der Waals surface area (Å²) in [6.45, 7) is -0.595. The van der Waals surface area contributed by atoms with Crippen LogP contribution in [0, 0.1) is 0 Å². The number of hydrogen-bond acceptors (Lipinski definition) is 9. The molecule has 1 saturated heterocycles. The molecular formula is C11H13N6O7P. The summed E-state index contributed by atoms with van der Waals surface area (Å²) in [5.41, 5.74) is 1.14. The van der Waals surface area contributed by atoms with Gasteiger partial charge in [0, 0.05) is 6.20 Å². The average molecular weight is 372 g/mol. The highest BCUT2D eigenvalue weighted by Gasteiger charge is 2.45. The molecule has 4 rings (SSSR count). The van der Waals surface area contributed by atoms with E-state index in [2.05, 4.69) is 24.8 Å². The fourth-order valence-corrected chi connectivity index (χ4v) is 3.04. The lowest BCUT2D eigenvalue weighted by atomic mass is 10.1. The van der Waals surface area contributed by atoms with Crippen molar-refractivity contribution in [1.82, 2.24) is 29.4 Å². The monoisotopic (exact) mass is 372 g/mol. The van der Waals surface area contributed by atoms with Crippen molar-refractivity contribution in [2.45, 2.75) is 24.5 Å². The molecule has 4 N–H and O–H groups in total. The van der Waals surface area contributed by atoms with Crippen LogP contribution < -0.4 is 0 Å². The smallest absolute Gasteiger partial charge is 0.387 e. The first kappa shape index (κ1) is 16.5. The van der Waals surface area contributed by atoms with Gasteiger partial charge in [0.2, 0.25) is 0 Å². The Labute approximate surface area is 138 Å². The van der Waals surface area contributed by atoms with Crippen molar-refractivity contribution < 1.29 is 33.8 Å². The van der Waals surface area contributed by atoms with Crippen molar-refractivity contribution in [3.05, 3.63) is 18.7 Å². The minimum Gasteiger partial charge on any atom is -0.387 e. The second kappa shape index (κ2) is 5.78. The van der Waals surface area contributed by atoms with E-state index in [0.29, 0.717) is 11.2 Å². The Bertz CT molecular complexity index is 968. The number of aliphatic hydroxyl groups is 2. The fourth-order valence-electron chi connectivity index (χ4n) is 2.69. The van der Waals surface area contributed by atoms with Gasteiger partial charge in [0.25, 0.3) is 0 Å². The van der Waals surface area contributed by atoms with Gasteiger partial charge >= 0.3 is 7.82 Å². The second-order valence-electron chi connectivity index (χ2n) is 5.44. The molecule has 0 saturated carbocycles. The Morgan fingerprint density at radius 2 is 2.04 bits per heavy atom. The van der Waals surface area contributed by atoms with Crippen LogP contribution >= 0.6 is 7.82 Å². The lowest BCUT2D eigenvalue weighted by Gasteiger charge is -2.16. The number of phosphoric acid groups is 1. The largest absolute Gasteiger partial charge is 0.469 e. The number of aromatic nitrogens is 6. The molecule has 13 nitrogen and oxygen atoms in total. The van der Waals surface area contributed by atoms with Gasteiger partial charge in [-0.05, 0) is 0 Å². The number of ether oxygens (including phenoxy) is 1. The van der Waals surface area contributed by atoms with Gasteiger partial charge < -0.3 is 24.7 Å². The number of phosphoric ester groups is 1. The van der Waals surface area contributed by atoms with Crippen LogP contribution in [0.3, 0.4) is 0 Å². The summed E-state index contributed by atoms with van der Waals surface area (Å²) in [7, 11) is -4.73. The highest BCUT2D eigenvalue weighted by atomic mass is 31.2. The van der Waals surface area contributed by atoms with E-state index < -0.39 is 39.0 Å². The normalized spacial score (nSPS) is 27.5. The SMILES string of the molecule is O=P(O)(O)OC[C@H]1O[C@@H](n2cnc3c2nnn2ccnc32)[C@H](O)[C@@H]1O. The Morgan fingerprint density at radius 3 is 2.80 bits per heavy atom. The topological polar surface area (TPSA) is 177 Å². The minimum absolute atomic E-state index is 0.270. The highest BCUT2D eigenvalue weighted by Crippen LogP contribution is 2.38. The van der Waals surface area contributed by atoms with Gasteiger partial charge in [-0.3, -0.25) is 9.09 Å². The van der Waals surface area contributed by atoms with E-state index in [1.54, 1.807) is 6.20 Å². The maximum atomic E-state index is 10.8. The Morgan fingerprint density at radius 1 is 1.24 bits per heavy atom. The van der Waals surface area contributed by atoms with Crippen LogP contribution in [0.2, 0.25) is 0 Å². The molecular weight excluding hydrogens is 359 g/mol. The molecule has 1 aliphatic heterocycles. The first-order valence-electron chi connectivity index (χ1n) is 7.09. The zero-order valence-electron chi connectivity index (χ0n) is 12.4. The number of rotatable bonds is 4. The Hall–Kier alpha value is -1.99. The lowest BCUT2D eigenvalue weighted by Crippen LogP contribution is -2.33. The zero-order valence-corrected chi connectivity index (χ0v) is 13.3. The predicted octanol–water partition coefficient (Wildman–Crippen LogP) is -1.80. The van der Waals surface area contributed by atoms with Crippen molar-refractivity contribution >= 4 is 24.6 Å². The molecule has 25 heavy (non-hydrogen) atoms. The van der Waals surface area contributed by atoms with E-state index in [-0.39, 0.29) is 5.65 Å². The van der Waals surface area contributed by atoms with Crippen LogP contribution in [0.1, 0.15) is 6.23 Å². The maximum Gasteiger partial charge on any atom is 0.469 e. The first-order valence-corrected chi connectivity index (χ1v) is 8.62. The van der Waals surface area contributed by atoms with Crippen LogP contribution in [0.5, 0.6) is 0 Å². The van der Waals surface area contributed by atoms with Crippen LogP contribution in [-0.4, -0.2) is 74.3 Å². The van der Waals surface area contributed by atoms with Crippen molar-refractivity contribution in [2.75, 3.05) is 6.61 Å². The highest BCUT2D eigenvalue weighted by molar-refractivity contribution is 7.46. The van der Waals surface area contributed by atoms with Gasteiger partial charge in [0.05, 0.1) is 19.1 Å². The molecule has 134 valence electrons. The molecule has 4 heterocycles. The van der Waals surface area contributed by atoms with Crippen LogP contribution in [-0.2, 0) is 13.8 Å². The van der Waals surface area contributed by atoms with E-state index in [9.17, 15) is 14.8 Å². The van der Waals surface area contributed by atoms with E-state index in [0.717, 1.165) is 0 Å². The Kier molecular flexibility index (Phi) is 3.81. The van der Waals surface area contributed by atoms with E-state index in [1.807, 2.05) is 0 Å². The molecule has 3 aromatic heterocycles. The van der Waals surface area contributed by atoms with Crippen LogP contribution in [0.25, 0.3) is 16.8 Å². The van der Waals surface area contributed by atoms with Crippen LogP contribution in [0.4, 0.5) is 0 Å². The maximum absolute atomic E-state index is 10.8. The molecule has 0 amide bonds. The summed E-state index contributed by atoms with van der Waals surface area (Å²) in [6.07, 6.45) is -0.562. The van der Waals surface area contributed by atoms with E-state index in [1.165, 1.54) is 21.6 Å². The zero-order chi connectivity index (χ0) is 17.8. The predicted molar refractivity (Wildman–Crippen MR) is 78.0 cm³/mol. The van der Waals surface area contributed by atoms with Crippen molar-refractivity contribution in [2.24, 2.45) is 0 Å². The van der Waals surface area contributed by atoms with Gasteiger partial charge in [-0.25, -0.2) is 19.0 Å². The summed E-state index contributed by atoms with van der Waals surface area (Å²) >= 11 is 0. The third-order valence-corrected chi connectivity index (χ3v) is 4.34. The van der Waals surface area contributed by atoms with Gasteiger partial charge in [-0.2, -0.15) is 0 Å². The lowest BCUT2D eigenvalue weighted by molar-refractivity contribution is -0.0504. The van der Waals surface area contributed by atoms with E-state index >= 15 is 0 Å². The number of nitrogens with zero attached hydrogens (tertiary/aromatic N) is 6. The van der Waals surface area contributed by atoms with Gasteiger partial charge in [-0.1, -0.05) is 5.21 Å². The standard InChI is InChI=1S/C11H13N6O7P/c18-7-5(3-23-25(20,21)22)24-11(8(7)19)16-4-13-6-9-12-1-2-17(9)15-14-10(6)16/h1-2,4-5,7-8,11,18-19H,3H2,(H2,20,21,22)/t5-,7-,8-,11-/m1/s1. The quantitative estimate of drug-likeness (QED) is 0.380.